The summed E-state index contributed by atoms with van der Waals surface area (Å²) in [6, 6.07) is 0. The summed E-state index contributed by atoms with van der Waals surface area (Å²) < 4.78 is 0. The van der Waals surface area contributed by atoms with Crippen molar-refractivity contribution in [3.05, 3.63) is 12.2 Å². The summed E-state index contributed by atoms with van der Waals surface area (Å²) >= 11 is 0. The summed E-state index contributed by atoms with van der Waals surface area (Å²) in [4.78, 5) is 2.46. The van der Waals surface area contributed by atoms with Gasteiger partial charge < -0.3 is 5.11 Å². The summed E-state index contributed by atoms with van der Waals surface area (Å²) in [6.45, 7) is 5.61. The van der Waals surface area contributed by atoms with Crippen LogP contribution in [0.25, 0.3) is 0 Å². The van der Waals surface area contributed by atoms with Crippen LogP contribution in [0.5, 0.6) is 0 Å². The Balaban J connectivity index is 2.10. The molecular weight excluding hydrogens is 222 g/mol. The van der Waals surface area contributed by atoms with Crippen molar-refractivity contribution in [1.29, 1.82) is 0 Å². The highest BCUT2D eigenvalue weighted by Crippen LogP contribution is 2.07. The number of allylic oxidation sites excluding steroid dienone is 1. The van der Waals surface area contributed by atoms with Crippen molar-refractivity contribution >= 4 is 0 Å². The zero-order chi connectivity index (χ0) is 13.1. The molecule has 1 saturated heterocycles. The van der Waals surface area contributed by atoms with Crippen LogP contribution < -0.4 is 0 Å². The van der Waals surface area contributed by atoms with Crippen molar-refractivity contribution in [2.24, 2.45) is 0 Å². The number of piperidine rings is 1. The first kappa shape index (κ1) is 15.3. The molecule has 18 heavy (non-hydrogen) atoms. The topological polar surface area (TPSA) is 23.5 Å². The molecule has 0 radical (unpaired) electrons. The Hall–Kier alpha value is -0.780. The van der Waals surface area contributed by atoms with E-state index in [9.17, 15) is 5.11 Å². The van der Waals surface area contributed by atoms with Gasteiger partial charge in [0.25, 0.3) is 0 Å². The van der Waals surface area contributed by atoms with Gasteiger partial charge in [0, 0.05) is 6.54 Å². The van der Waals surface area contributed by atoms with Crippen molar-refractivity contribution in [3.63, 3.8) is 0 Å². The lowest BCUT2D eigenvalue weighted by molar-refractivity contribution is 0.217. The minimum atomic E-state index is -0.448. The molecule has 102 valence electrons. The third-order valence-corrected chi connectivity index (χ3v) is 3.34. The second kappa shape index (κ2) is 10.2. The molecule has 2 nitrogen and oxygen atoms in total. The van der Waals surface area contributed by atoms with Crippen LogP contribution >= 0.6 is 0 Å². The fraction of sp³-hybridized carbons (Fsp3) is 0.750. The molecule has 1 fully saturated rings. The van der Waals surface area contributed by atoms with E-state index < -0.39 is 6.10 Å². The van der Waals surface area contributed by atoms with Gasteiger partial charge in [0.1, 0.15) is 6.10 Å². The van der Waals surface area contributed by atoms with E-state index in [4.69, 9.17) is 0 Å². The molecule has 0 spiro atoms. The lowest BCUT2D eigenvalue weighted by Gasteiger charge is -2.24. The molecule has 0 saturated carbocycles. The summed E-state index contributed by atoms with van der Waals surface area (Å²) in [7, 11) is 0. The first-order chi connectivity index (χ1) is 8.83. The van der Waals surface area contributed by atoms with Crippen LogP contribution in [-0.2, 0) is 0 Å². The van der Waals surface area contributed by atoms with Gasteiger partial charge in [-0.25, -0.2) is 0 Å². The van der Waals surface area contributed by atoms with Crippen LogP contribution in [-0.4, -0.2) is 35.7 Å². The van der Waals surface area contributed by atoms with Gasteiger partial charge in [-0.3, -0.25) is 4.90 Å². The number of aliphatic hydroxyl groups excluding tert-OH is 1. The summed E-state index contributed by atoms with van der Waals surface area (Å²) in [5.74, 6) is 5.82. The second-order valence-corrected chi connectivity index (χ2v) is 5.06. The largest absolute Gasteiger partial charge is 0.380 e. The van der Waals surface area contributed by atoms with Crippen molar-refractivity contribution in [3.8, 4) is 11.8 Å². The minimum Gasteiger partial charge on any atom is -0.380 e. The molecule has 1 heterocycles. The number of unbranched alkanes of at least 4 members (excludes halogenated alkanes) is 2. The second-order valence-electron chi connectivity index (χ2n) is 5.06. The Morgan fingerprint density at radius 3 is 2.72 bits per heavy atom. The van der Waals surface area contributed by atoms with E-state index >= 15 is 0 Å². The smallest absolute Gasteiger partial charge is 0.115 e. The SMILES string of the molecule is CCCCCC(O)C#C/C=C/CN1CCCCC1. The zero-order valence-electron chi connectivity index (χ0n) is 11.7. The highest BCUT2D eigenvalue weighted by molar-refractivity contribution is 5.18. The van der Waals surface area contributed by atoms with Crippen molar-refractivity contribution < 1.29 is 5.11 Å². The quantitative estimate of drug-likeness (QED) is 0.578. The maximum Gasteiger partial charge on any atom is 0.115 e. The molecule has 1 aliphatic heterocycles. The Morgan fingerprint density at radius 2 is 2.00 bits per heavy atom. The molecule has 0 bridgehead atoms. The minimum absolute atomic E-state index is 0.448. The summed E-state index contributed by atoms with van der Waals surface area (Å²) in [5, 5.41) is 9.61. The Bertz CT molecular complexity index is 281. The number of rotatable bonds is 6. The normalized spacial score (nSPS) is 18.6. The molecule has 0 aromatic carbocycles. The van der Waals surface area contributed by atoms with Gasteiger partial charge in [-0.15, -0.1) is 0 Å². The van der Waals surface area contributed by atoms with Gasteiger partial charge in [-0.2, -0.15) is 0 Å². The van der Waals surface area contributed by atoms with E-state index in [1.54, 1.807) is 0 Å². The predicted molar refractivity (Wildman–Crippen MR) is 77.4 cm³/mol. The van der Waals surface area contributed by atoms with Crippen LogP contribution in [0.1, 0.15) is 51.9 Å². The zero-order valence-corrected chi connectivity index (χ0v) is 11.7. The first-order valence-corrected chi connectivity index (χ1v) is 7.39. The van der Waals surface area contributed by atoms with E-state index in [2.05, 4.69) is 29.7 Å². The third kappa shape index (κ3) is 7.53. The highest BCUT2D eigenvalue weighted by atomic mass is 16.3. The van der Waals surface area contributed by atoms with Crippen LogP contribution in [0.3, 0.4) is 0 Å². The van der Waals surface area contributed by atoms with Gasteiger partial charge in [0.15, 0.2) is 0 Å². The molecule has 1 unspecified atom stereocenters. The molecule has 1 N–H and O–H groups in total. The number of hydrogen-bond acceptors (Lipinski definition) is 2. The number of aliphatic hydroxyl groups is 1. The first-order valence-electron chi connectivity index (χ1n) is 7.39. The molecular formula is C16H27NO. The molecule has 0 aromatic heterocycles. The Kier molecular flexibility index (Phi) is 8.63. The van der Waals surface area contributed by atoms with Crippen LogP contribution in [0, 0.1) is 11.8 Å². The van der Waals surface area contributed by atoms with E-state index in [0.29, 0.717) is 0 Å². The summed E-state index contributed by atoms with van der Waals surface area (Å²) in [5.41, 5.74) is 0. The molecule has 2 heteroatoms. The van der Waals surface area contributed by atoms with Gasteiger partial charge in [-0.05, 0) is 44.8 Å². The van der Waals surface area contributed by atoms with Crippen molar-refractivity contribution in [1.82, 2.24) is 4.90 Å². The Labute approximate surface area is 112 Å². The maximum absolute atomic E-state index is 9.61. The van der Waals surface area contributed by atoms with Crippen molar-refractivity contribution in [2.75, 3.05) is 19.6 Å². The monoisotopic (exact) mass is 249 g/mol. The predicted octanol–water partition coefficient (Wildman–Crippen LogP) is 2.97. The number of hydrogen-bond donors (Lipinski definition) is 1. The van der Waals surface area contributed by atoms with Crippen LogP contribution in [0.15, 0.2) is 12.2 Å². The number of likely N-dealkylation sites (tertiary alicyclic amines) is 1. The third-order valence-electron chi connectivity index (χ3n) is 3.34. The summed E-state index contributed by atoms with van der Waals surface area (Å²) in [6.07, 6.45) is 11.8. The fourth-order valence-corrected chi connectivity index (χ4v) is 2.21. The van der Waals surface area contributed by atoms with E-state index in [1.165, 1.54) is 45.2 Å². The van der Waals surface area contributed by atoms with E-state index in [1.807, 2.05) is 6.08 Å². The lowest BCUT2D eigenvalue weighted by atomic mass is 10.1. The average Bonchev–Trinajstić information content (AvgIpc) is 2.40. The van der Waals surface area contributed by atoms with E-state index in [0.717, 1.165) is 19.4 Å². The van der Waals surface area contributed by atoms with Gasteiger partial charge in [-0.1, -0.05) is 44.1 Å². The molecule has 0 amide bonds. The average molecular weight is 249 g/mol. The molecule has 1 rings (SSSR count). The van der Waals surface area contributed by atoms with E-state index in [-0.39, 0.29) is 0 Å². The van der Waals surface area contributed by atoms with Crippen LogP contribution in [0.2, 0.25) is 0 Å². The molecule has 1 aliphatic rings. The molecule has 1 atom stereocenters. The van der Waals surface area contributed by atoms with Gasteiger partial charge in [0.05, 0.1) is 0 Å². The van der Waals surface area contributed by atoms with Crippen molar-refractivity contribution in [2.45, 2.75) is 58.0 Å². The molecule has 0 aliphatic carbocycles. The molecule has 0 aromatic rings. The Morgan fingerprint density at radius 1 is 1.22 bits per heavy atom. The maximum atomic E-state index is 9.61. The fourth-order valence-electron chi connectivity index (χ4n) is 2.21. The van der Waals surface area contributed by atoms with Crippen LogP contribution in [0.4, 0.5) is 0 Å². The highest BCUT2D eigenvalue weighted by Gasteiger charge is 2.06. The number of nitrogens with zero attached hydrogens (tertiary/aromatic N) is 1. The standard InChI is InChI=1S/C16H27NO/c1-2-3-6-11-16(18)12-7-4-8-13-17-14-9-5-10-15-17/h4,8,16,18H,2-3,5-6,9-11,13-15H2,1H3/b8-4+. The van der Waals surface area contributed by atoms with Gasteiger partial charge >= 0.3 is 0 Å². The lowest BCUT2D eigenvalue weighted by Crippen LogP contribution is -2.29. The van der Waals surface area contributed by atoms with Gasteiger partial charge in [0.2, 0.25) is 0 Å².